The minimum absolute atomic E-state index is 0.0681. The zero-order valence-corrected chi connectivity index (χ0v) is 10.2. The molecule has 0 aliphatic carbocycles. The molecule has 1 fully saturated rings. The molecule has 1 saturated heterocycles. The largest absolute Gasteiger partial charge is 0.370 e. The first-order chi connectivity index (χ1) is 6.92. The highest BCUT2D eigenvalue weighted by Crippen LogP contribution is 2.23. The van der Waals surface area contributed by atoms with Gasteiger partial charge in [-0.2, -0.15) is 0 Å². The predicted octanol–water partition coefficient (Wildman–Crippen LogP) is 0.770. The SMILES string of the molecule is CC1CCCN(C(C)(C)CN=C(N)N)C1. The minimum atomic E-state index is 0.0681. The monoisotopic (exact) mass is 212 g/mol. The van der Waals surface area contributed by atoms with Gasteiger partial charge in [-0.15, -0.1) is 0 Å². The van der Waals surface area contributed by atoms with Crippen LogP contribution >= 0.6 is 0 Å². The minimum Gasteiger partial charge on any atom is -0.370 e. The first-order valence-electron chi connectivity index (χ1n) is 5.72. The maximum atomic E-state index is 5.37. The summed E-state index contributed by atoms with van der Waals surface area (Å²) in [5, 5.41) is 0. The highest BCUT2D eigenvalue weighted by molar-refractivity contribution is 5.75. The molecule has 0 saturated carbocycles. The second-order valence-corrected chi connectivity index (χ2v) is 5.25. The molecule has 4 N–H and O–H groups in total. The van der Waals surface area contributed by atoms with Crippen molar-refractivity contribution in [2.45, 2.75) is 39.2 Å². The Morgan fingerprint density at radius 3 is 2.67 bits per heavy atom. The van der Waals surface area contributed by atoms with E-state index in [0.717, 1.165) is 19.0 Å². The lowest BCUT2D eigenvalue weighted by Gasteiger charge is -2.42. The Morgan fingerprint density at radius 2 is 2.13 bits per heavy atom. The number of guanidine groups is 1. The van der Waals surface area contributed by atoms with E-state index in [9.17, 15) is 0 Å². The van der Waals surface area contributed by atoms with Gasteiger partial charge >= 0.3 is 0 Å². The van der Waals surface area contributed by atoms with E-state index in [1.165, 1.54) is 12.8 Å². The molecular weight excluding hydrogens is 188 g/mol. The topological polar surface area (TPSA) is 67.6 Å². The van der Waals surface area contributed by atoms with Crippen molar-refractivity contribution in [2.24, 2.45) is 22.4 Å². The quantitative estimate of drug-likeness (QED) is 0.536. The van der Waals surface area contributed by atoms with Gasteiger partial charge in [0.2, 0.25) is 0 Å². The summed E-state index contributed by atoms with van der Waals surface area (Å²) in [5.74, 6) is 0.977. The zero-order valence-electron chi connectivity index (χ0n) is 10.2. The molecule has 1 atom stereocenters. The molecule has 0 spiro atoms. The molecule has 15 heavy (non-hydrogen) atoms. The van der Waals surface area contributed by atoms with Gasteiger partial charge in [-0.1, -0.05) is 6.92 Å². The second kappa shape index (κ2) is 4.84. The Hall–Kier alpha value is -0.770. The van der Waals surface area contributed by atoms with E-state index in [1.54, 1.807) is 0 Å². The molecule has 0 aromatic carbocycles. The third kappa shape index (κ3) is 3.70. The average molecular weight is 212 g/mol. The summed E-state index contributed by atoms with van der Waals surface area (Å²) in [6, 6.07) is 0. The highest BCUT2D eigenvalue weighted by atomic mass is 15.2. The maximum absolute atomic E-state index is 5.37. The predicted molar refractivity (Wildman–Crippen MR) is 64.7 cm³/mol. The molecular formula is C11H24N4. The Balaban J connectivity index is 2.55. The molecule has 1 aliphatic heterocycles. The molecule has 1 aliphatic rings. The van der Waals surface area contributed by atoms with E-state index < -0.39 is 0 Å². The molecule has 88 valence electrons. The third-order valence-corrected chi connectivity index (χ3v) is 3.16. The molecule has 1 unspecified atom stereocenters. The Labute approximate surface area is 92.7 Å². The zero-order chi connectivity index (χ0) is 11.5. The molecule has 0 aromatic heterocycles. The van der Waals surface area contributed by atoms with Crippen LogP contribution < -0.4 is 11.5 Å². The molecule has 4 heteroatoms. The van der Waals surface area contributed by atoms with Crippen molar-refractivity contribution < 1.29 is 0 Å². The van der Waals surface area contributed by atoms with E-state index in [0.29, 0.717) is 6.54 Å². The van der Waals surface area contributed by atoms with E-state index in [4.69, 9.17) is 11.5 Å². The summed E-state index contributed by atoms with van der Waals surface area (Å²) in [6.07, 6.45) is 2.63. The normalized spacial score (nSPS) is 23.8. The van der Waals surface area contributed by atoms with Crippen molar-refractivity contribution >= 4 is 5.96 Å². The summed E-state index contributed by atoms with van der Waals surface area (Å²) in [6.45, 7) is 9.73. The van der Waals surface area contributed by atoms with Crippen LogP contribution in [0.1, 0.15) is 33.6 Å². The molecule has 4 nitrogen and oxygen atoms in total. The molecule has 0 amide bonds. The second-order valence-electron chi connectivity index (χ2n) is 5.25. The lowest BCUT2D eigenvalue weighted by Crippen LogP contribution is -2.51. The maximum Gasteiger partial charge on any atom is 0.185 e. The van der Waals surface area contributed by atoms with Crippen LogP contribution in [0.3, 0.4) is 0 Å². The van der Waals surface area contributed by atoms with Gasteiger partial charge in [0, 0.05) is 12.1 Å². The van der Waals surface area contributed by atoms with Crippen LogP contribution in [0, 0.1) is 5.92 Å². The Morgan fingerprint density at radius 1 is 1.47 bits per heavy atom. The van der Waals surface area contributed by atoms with Crippen molar-refractivity contribution in [3.63, 3.8) is 0 Å². The van der Waals surface area contributed by atoms with Crippen molar-refractivity contribution in [1.29, 1.82) is 0 Å². The van der Waals surface area contributed by atoms with Gasteiger partial charge in [0.05, 0.1) is 6.54 Å². The molecule has 1 heterocycles. The Kier molecular flexibility index (Phi) is 3.97. The lowest BCUT2D eigenvalue weighted by atomic mass is 9.94. The van der Waals surface area contributed by atoms with E-state index >= 15 is 0 Å². The number of hydrogen-bond acceptors (Lipinski definition) is 2. The van der Waals surface area contributed by atoms with Gasteiger partial charge in [-0.05, 0) is 39.2 Å². The first-order valence-corrected chi connectivity index (χ1v) is 5.72. The number of aliphatic imine (C=N–C) groups is 1. The number of rotatable bonds is 3. The van der Waals surface area contributed by atoms with Gasteiger partial charge in [-0.3, -0.25) is 9.89 Å². The van der Waals surface area contributed by atoms with Crippen LogP contribution in [0.25, 0.3) is 0 Å². The number of nitrogens with zero attached hydrogens (tertiary/aromatic N) is 2. The summed E-state index contributed by atoms with van der Waals surface area (Å²) in [7, 11) is 0. The summed E-state index contributed by atoms with van der Waals surface area (Å²) < 4.78 is 0. The van der Waals surface area contributed by atoms with Gasteiger partial charge in [-0.25, -0.2) is 0 Å². The van der Waals surface area contributed by atoms with Gasteiger partial charge in [0.15, 0.2) is 5.96 Å². The number of hydrogen-bond donors (Lipinski definition) is 2. The highest BCUT2D eigenvalue weighted by Gasteiger charge is 2.29. The number of piperidine rings is 1. The van der Waals surface area contributed by atoms with Crippen LogP contribution in [0.5, 0.6) is 0 Å². The smallest absolute Gasteiger partial charge is 0.185 e. The van der Waals surface area contributed by atoms with Crippen LogP contribution in [0.15, 0.2) is 4.99 Å². The van der Waals surface area contributed by atoms with Crippen LogP contribution in [0.2, 0.25) is 0 Å². The van der Waals surface area contributed by atoms with E-state index in [1.807, 2.05) is 0 Å². The summed E-state index contributed by atoms with van der Waals surface area (Å²) in [5.41, 5.74) is 10.8. The van der Waals surface area contributed by atoms with Crippen LogP contribution in [0.4, 0.5) is 0 Å². The van der Waals surface area contributed by atoms with Gasteiger partial charge in [0.1, 0.15) is 0 Å². The van der Waals surface area contributed by atoms with Crippen LogP contribution in [-0.2, 0) is 0 Å². The van der Waals surface area contributed by atoms with Crippen molar-refractivity contribution in [3.05, 3.63) is 0 Å². The molecule has 0 radical (unpaired) electrons. The summed E-state index contributed by atoms with van der Waals surface area (Å²) in [4.78, 5) is 6.62. The average Bonchev–Trinajstić information content (AvgIpc) is 2.15. The molecule has 0 bridgehead atoms. The standard InChI is InChI=1S/C11H24N4/c1-9-5-4-6-15(7-9)11(2,3)8-14-10(12)13/h9H,4-8H2,1-3H3,(H4,12,13,14). The third-order valence-electron chi connectivity index (χ3n) is 3.16. The lowest BCUT2D eigenvalue weighted by molar-refractivity contribution is 0.0775. The number of likely N-dealkylation sites (tertiary alicyclic amines) is 1. The fourth-order valence-electron chi connectivity index (χ4n) is 2.12. The van der Waals surface area contributed by atoms with E-state index in [2.05, 4.69) is 30.7 Å². The van der Waals surface area contributed by atoms with Gasteiger partial charge < -0.3 is 11.5 Å². The van der Waals surface area contributed by atoms with Crippen LogP contribution in [-0.4, -0.2) is 36.0 Å². The fourth-order valence-corrected chi connectivity index (χ4v) is 2.12. The fraction of sp³-hybridized carbons (Fsp3) is 0.909. The van der Waals surface area contributed by atoms with Crippen molar-refractivity contribution in [2.75, 3.05) is 19.6 Å². The Bertz CT molecular complexity index is 231. The molecule has 0 aromatic rings. The molecule has 1 rings (SSSR count). The number of nitrogens with two attached hydrogens (primary N) is 2. The first kappa shape index (κ1) is 12.3. The van der Waals surface area contributed by atoms with Gasteiger partial charge in [0.25, 0.3) is 0 Å². The summed E-state index contributed by atoms with van der Waals surface area (Å²) >= 11 is 0. The van der Waals surface area contributed by atoms with Crippen molar-refractivity contribution in [3.8, 4) is 0 Å². The van der Waals surface area contributed by atoms with E-state index in [-0.39, 0.29) is 11.5 Å². The van der Waals surface area contributed by atoms with Crippen molar-refractivity contribution in [1.82, 2.24) is 4.90 Å².